The molecule has 0 radical (unpaired) electrons. The molecule has 8 heteroatoms. The van der Waals surface area contributed by atoms with Crippen molar-refractivity contribution in [1.82, 2.24) is 14.2 Å². The summed E-state index contributed by atoms with van der Waals surface area (Å²) in [7, 11) is -3.57. The van der Waals surface area contributed by atoms with Gasteiger partial charge in [-0.1, -0.05) is 48.0 Å². The molecule has 0 unspecified atom stereocenters. The molecule has 1 aliphatic rings. The summed E-state index contributed by atoms with van der Waals surface area (Å²) in [5.41, 5.74) is 2.71. The Hall–Kier alpha value is -2.97. The molecule has 2 aromatic carbocycles. The Morgan fingerprint density at radius 2 is 1.75 bits per heavy atom. The Kier molecular flexibility index (Phi) is 6.43. The van der Waals surface area contributed by atoms with E-state index in [1.54, 1.807) is 17.2 Å². The molecule has 0 spiro atoms. The van der Waals surface area contributed by atoms with Gasteiger partial charge >= 0.3 is 0 Å². The van der Waals surface area contributed by atoms with E-state index in [1.807, 2.05) is 56.3 Å². The van der Waals surface area contributed by atoms with Crippen LogP contribution in [0.1, 0.15) is 23.4 Å². The highest BCUT2D eigenvalue weighted by atomic mass is 32.2. The average molecular weight is 454 g/mol. The van der Waals surface area contributed by atoms with Crippen LogP contribution in [0.25, 0.3) is 11.3 Å². The number of aromatic nitrogens is 1. The number of nitrogens with zero attached hydrogens (tertiary/aromatic N) is 3. The molecule has 3 aromatic rings. The number of hydrogen-bond acceptors (Lipinski definition) is 5. The average Bonchev–Trinajstić information content (AvgIpc) is 3.27. The lowest BCUT2D eigenvalue weighted by atomic mass is 10.2. The summed E-state index contributed by atoms with van der Waals surface area (Å²) in [4.78, 5) is 19.0. The second-order valence-electron chi connectivity index (χ2n) is 8.04. The van der Waals surface area contributed by atoms with E-state index in [4.69, 9.17) is 4.42 Å². The number of rotatable bonds is 6. The molecule has 1 fully saturated rings. The monoisotopic (exact) mass is 453 g/mol. The van der Waals surface area contributed by atoms with E-state index in [0.717, 1.165) is 16.7 Å². The lowest BCUT2D eigenvalue weighted by Crippen LogP contribution is -2.50. The summed E-state index contributed by atoms with van der Waals surface area (Å²) in [6.45, 7) is 5.09. The minimum atomic E-state index is -3.57. The van der Waals surface area contributed by atoms with Gasteiger partial charge in [0.15, 0.2) is 11.7 Å². The fourth-order valence-electron chi connectivity index (χ4n) is 3.94. The topological polar surface area (TPSA) is 83.7 Å². The van der Waals surface area contributed by atoms with E-state index in [-0.39, 0.29) is 12.3 Å². The van der Waals surface area contributed by atoms with Crippen molar-refractivity contribution in [3.8, 4) is 11.3 Å². The van der Waals surface area contributed by atoms with Gasteiger partial charge in [0.25, 0.3) is 0 Å². The summed E-state index contributed by atoms with van der Waals surface area (Å²) in [6, 6.07) is 15.0. The van der Waals surface area contributed by atoms with Crippen LogP contribution in [0, 0.1) is 13.8 Å². The highest BCUT2D eigenvalue weighted by Crippen LogP contribution is 2.23. The summed E-state index contributed by atoms with van der Waals surface area (Å²) < 4.78 is 33.3. The molecule has 0 aliphatic carbocycles. The molecule has 4 rings (SSSR count). The van der Waals surface area contributed by atoms with Crippen LogP contribution in [0.4, 0.5) is 0 Å². The summed E-state index contributed by atoms with van der Waals surface area (Å²) in [6.07, 6.45) is 2.36. The van der Waals surface area contributed by atoms with Gasteiger partial charge in [-0.3, -0.25) is 4.79 Å². The largest absolute Gasteiger partial charge is 0.441 e. The molecule has 0 atom stereocenters. The van der Waals surface area contributed by atoms with Gasteiger partial charge in [0.2, 0.25) is 15.9 Å². The van der Waals surface area contributed by atoms with Crippen LogP contribution in [0.15, 0.2) is 64.0 Å². The third-order valence-corrected chi connectivity index (χ3v) is 7.76. The van der Waals surface area contributed by atoms with Gasteiger partial charge in [-0.25, -0.2) is 13.4 Å². The van der Waals surface area contributed by atoms with E-state index in [1.165, 1.54) is 4.31 Å². The normalized spacial score (nSPS) is 15.1. The van der Waals surface area contributed by atoms with E-state index >= 15 is 0 Å². The zero-order valence-corrected chi connectivity index (χ0v) is 19.1. The molecule has 7 nitrogen and oxygen atoms in total. The predicted octanol–water partition coefficient (Wildman–Crippen LogP) is 3.42. The number of hydrogen-bond donors (Lipinski definition) is 0. The van der Waals surface area contributed by atoms with Gasteiger partial charge in [-0.05, 0) is 25.5 Å². The minimum absolute atomic E-state index is 0.0203. The molecule has 1 aromatic heterocycles. The van der Waals surface area contributed by atoms with Gasteiger partial charge in [0.1, 0.15) is 0 Å². The number of sulfonamides is 1. The van der Waals surface area contributed by atoms with Crippen molar-refractivity contribution in [2.75, 3.05) is 26.2 Å². The van der Waals surface area contributed by atoms with Gasteiger partial charge < -0.3 is 9.32 Å². The Balaban J connectivity index is 1.31. The van der Waals surface area contributed by atoms with Crippen molar-refractivity contribution < 1.29 is 17.6 Å². The number of oxazole rings is 1. The van der Waals surface area contributed by atoms with Crippen LogP contribution in [-0.4, -0.2) is 54.7 Å². The molecule has 0 N–H and O–H groups in total. The molecule has 1 aliphatic heterocycles. The number of carbonyl (C=O) groups is 1. The van der Waals surface area contributed by atoms with Crippen LogP contribution in [0.2, 0.25) is 0 Å². The SMILES string of the molecule is Cc1ccc(S(=O)(=O)N2CCN(C(=O)CCc3ncc(-c4ccccc4)o3)CC2)c(C)c1. The first-order valence-corrected chi connectivity index (χ1v) is 12.1. The molecular formula is C24H27N3O4S. The number of piperazine rings is 1. The highest BCUT2D eigenvalue weighted by molar-refractivity contribution is 7.89. The van der Waals surface area contributed by atoms with E-state index < -0.39 is 10.0 Å². The van der Waals surface area contributed by atoms with Crippen molar-refractivity contribution in [1.29, 1.82) is 0 Å². The lowest BCUT2D eigenvalue weighted by molar-refractivity contribution is -0.132. The van der Waals surface area contributed by atoms with E-state index in [0.29, 0.717) is 49.1 Å². The number of carbonyl (C=O) groups excluding carboxylic acids is 1. The van der Waals surface area contributed by atoms with Crippen LogP contribution in [-0.2, 0) is 21.2 Å². The minimum Gasteiger partial charge on any atom is -0.441 e. The van der Waals surface area contributed by atoms with E-state index in [9.17, 15) is 13.2 Å². The molecule has 2 heterocycles. The molecule has 168 valence electrons. The zero-order valence-electron chi connectivity index (χ0n) is 18.3. The maximum absolute atomic E-state index is 13.0. The molecule has 1 amide bonds. The smallest absolute Gasteiger partial charge is 0.243 e. The summed E-state index contributed by atoms with van der Waals surface area (Å²) in [5.74, 6) is 1.18. The van der Waals surface area contributed by atoms with Crippen LogP contribution >= 0.6 is 0 Å². The van der Waals surface area contributed by atoms with E-state index in [2.05, 4.69) is 4.98 Å². The Bertz CT molecular complexity index is 1200. The lowest BCUT2D eigenvalue weighted by Gasteiger charge is -2.34. The molecule has 0 bridgehead atoms. The van der Waals surface area contributed by atoms with Gasteiger partial charge in [-0.2, -0.15) is 4.31 Å². The van der Waals surface area contributed by atoms with Crippen molar-refractivity contribution in [2.45, 2.75) is 31.6 Å². The highest BCUT2D eigenvalue weighted by Gasteiger charge is 2.31. The standard InChI is InChI=1S/C24H27N3O4S/c1-18-8-9-22(19(2)16-18)32(29,30)27-14-12-26(13-15-27)24(28)11-10-23-25-17-21(31-23)20-6-4-3-5-7-20/h3-9,16-17H,10-15H2,1-2H3. The van der Waals surface area contributed by atoms with Crippen molar-refractivity contribution in [2.24, 2.45) is 0 Å². The maximum atomic E-state index is 13.0. The molecular weight excluding hydrogens is 426 g/mol. The van der Waals surface area contributed by atoms with Gasteiger partial charge in [0, 0.05) is 44.6 Å². The Labute approximate surface area is 188 Å². The van der Waals surface area contributed by atoms with Gasteiger partial charge in [0.05, 0.1) is 11.1 Å². The van der Waals surface area contributed by atoms with Crippen molar-refractivity contribution >= 4 is 15.9 Å². The number of aryl methyl sites for hydroxylation is 3. The quantitative estimate of drug-likeness (QED) is 0.571. The number of amides is 1. The van der Waals surface area contributed by atoms with Crippen molar-refractivity contribution in [3.63, 3.8) is 0 Å². The van der Waals surface area contributed by atoms with Crippen molar-refractivity contribution in [3.05, 3.63) is 71.7 Å². The summed E-state index contributed by atoms with van der Waals surface area (Å²) >= 11 is 0. The third kappa shape index (κ3) is 4.76. The first kappa shape index (κ1) is 22.2. The fourth-order valence-corrected chi connectivity index (χ4v) is 5.57. The molecule has 1 saturated heterocycles. The molecule has 32 heavy (non-hydrogen) atoms. The Morgan fingerprint density at radius 3 is 2.44 bits per heavy atom. The second-order valence-corrected chi connectivity index (χ2v) is 9.94. The van der Waals surface area contributed by atoms with Gasteiger partial charge in [-0.15, -0.1) is 0 Å². The first-order valence-electron chi connectivity index (χ1n) is 10.7. The zero-order chi connectivity index (χ0) is 22.7. The van der Waals surface area contributed by atoms with Crippen LogP contribution < -0.4 is 0 Å². The first-order chi connectivity index (χ1) is 15.3. The van der Waals surface area contributed by atoms with Crippen LogP contribution in [0.5, 0.6) is 0 Å². The van der Waals surface area contributed by atoms with Crippen LogP contribution in [0.3, 0.4) is 0 Å². The fraction of sp³-hybridized carbons (Fsp3) is 0.333. The summed E-state index contributed by atoms with van der Waals surface area (Å²) in [5, 5.41) is 0. The predicted molar refractivity (Wildman–Crippen MR) is 122 cm³/mol. The number of benzene rings is 2. The third-order valence-electron chi connectivity index (χ3n) is 5.70. The Morgan fingerprint density at radius 1 is 1.03 bits per heavy atom. The molecule has 0 saturated carbocycles. The second kappa shape index (κ2) is 9.26. The maximum Gasteiger partial charge on any atom is 0.243 e.